The molecule has 0 amide bonds. The molecule has 1 atom stereocenters. The van der Waals surface area contributed by atoms with Crippen molar-refractivity contribution in [2.45, 2.75) is 26.3 Å². The molecule has 0 spiro atoms. The van der Waals surface area contributed by atoms with E-state index in [-0.39, 0.29) is 6.04 Å². The average Bonchev–Trinajstić information content (AvgIpc) is 2.49. The third-order valence-corrected chi connectivity index (χ3v) is 3.65. The highest BCUT2D eigenvalue weighted by atomic mass is 35.5. The molecule has 0 saturated heterocycles. The van der Waals surface area contributed by atoms with Gasteiger partial charge in [-0.15, -0.1) is 0 Å². The van der Waals surface area contributed by atoms with E-state index in [1.807, 2.05) is 31.2 Å². The van der Waals surface area contributed by atoms with Gasteiger partial charge in [-0.05, 0) is 19.4 Å². The van der Waals surface area contributed by atoms with Crippen LogP contribution in [0.15, 0.2) is 30.6 Å². The van der Waals surface area contributed by atoms with E-state index < -0.39 is 0 Å². The first-order valence-electron chi connectivity index (χ1n) is 6.54. The molecule has 20 heavy (non-hydrogen) atoms. The summed E-state index contributed by atoms with van der Waals surface area (Å²) >= 11 is 6.24. The van der Waals surface area contributed by atoms with Crippen LogP contribution in [0.2, 0.25) is 5.02 Å². The molecule has 1 unspecified atom stereocenters. The van der Waals surface area contributed by atoms with Crippen LogP contribution in [0.25, 0.3) is 0 Å². The van der Waals surface area contributed by atoms with Gasteiger partial charge in [-0.3, -0.25) is 0 Å². The minimum atomic E-state index is 0.0814. The zero-order chi connectivity index (χ0) is 14.5. The Morgan fingerprint density at radius 2 is 2.05 bits per heavy atom. The van der Waals surface area contributed by atoms with Crippen LogP contribution in [0.5, 0.6) is 5.75 Å². The molecule has 4 nitrogen and oxygen atoms in total. The number of para-hydroxylation sites is 1. The van der Waals surface area contributed by atoms with Crippen molar-refractivity contribution in [2.24, 2.45) is 0 Å². The zero-order valence-corrected chi connectivity index (χ0v) is 12.6. The number of halogens is 1. The lowest BCUT2D eigenvalue weighted by Crippen LogP contribution is -2.12. The van der Waals surface area contributed by atoms with E-state index >= 15 is 0 Å². The van der Waals surface area contributed by atoms with Gasteiger partial charge in [0.1, 0.15) is 22.9 Å². The van der Waals surface area contributed by atoms with Gasteiger partial charge in [-0.25, -0.2) is 9.97 Å². The average molecular weight is 292 g/mol. The van der Waals surface area contributed by atoms with E-state index in [0.717, 1.165) is 23.4 Å². The molecule has 0 bridgehead atoms. The Kier molecular flexibility index (Phi) is 4.79. The molecular weight excluding hydrogens is 274 g/mol. The predicted molar refractivity (Wildman–Crippen MR) is 81.4 cm³/mol. The summed E-state index contributed by atoms with van der Waals surface area (Å²) in [7, 11) is 1.67. The lowest BCUT2D eigenvalue weighted by Gasteiger charge is -2.21. The van der Waals surface area contributed by atoms with Crippen LogP contribution in [0.4, 0.5) is 5.82 Å². The Morgan fingerprint density at radius 3 is 2.75 bits per heavy atom. The van der Waals surface area contributed by atoms with E-state index in [1.165, 1.54) is 6.33 Å². The summed E-state index contributed by atoms with van der Waals surface area (Å²) in [5, 5.41) is 3.92. The minimum absolute atomic E-state index is 0.0814. The van der Waals surface area contributed by atoms with Gasteiger partial charge in [0.2, 0.25) is 0 Å². The summed E-state index contributed by atoms with van der Waals surface area (Å²) in [6, 6.07) is 8.03. The zero-order valence-electron chi connectivity index (χ0n) is 11.9. The van der Waals surface area contributed by atoms with E-state index in [1.54, 1.807) is 7.11 Å². The molecule has 1 N–H and O–H groups in total. The highest BCUT2D eigenvalue weighted by Crippen LogP contribution is 2.31. The van der Waals surface area contributed by atoms with Gasteiger partial charge in [-0.2, -0.15) is 0 Å². The largest absolute Gasteiger partial charge is 0.496 e. The molecular formula is C15H18ClN3O. The number of nitrogens with one attached hydrogen (secondary N) is 1. The number of benzene rings is 1. The fraction of sp³-hybridized carbons (Fsp3) is 0.333. The van der Waals surface area contributed by atoms with Gasteiger partial charge in [-0.1, -0.05) is 36.7 Å². The number of anilines is 1. The second-order valence-electron chi connectivity index (χ2n) is 4.47. The SMILES string of the molecule is CCC(Nc1ncnc(C)c1Cl)c1ccccc1OC. The first-order valence-corrected chi connectivity index (χ1v) is 6.91. The predicted octanol–water partition coefficient (Wildman–Crippen LogP) is 4.01. The first-order chi connectivity index (χ1) is 9.67. The maximum atomic E-state index is 6.24. The fourth-order valence-electron chi connectivity index (χ4n) is 2.08. The van der Waals surface area contributed by atoms with Crippen molar-refractivity contribution in [3.8, 4) is 5.75 Å². The van der Waals surface area contributed by atoms with Gasteiger partial charge in [0.25, 0.3) is 0 Å². The standard InChI is InChI=1S/C15H18ClN3O/c1-4-12(11-7-5-6-8-13(11)20-3)19-15-14(16)10(2)17-9-18-15/h5-9,12H,4H2,1-3H3,(H,17,18,19). The summed E-state index contributed by atoms with van der Waals surface area (Å²) < 4.78 is 5.41. The van der Waals surface area contributed by atoms with Gasteiger partial charge in [0, 0.05) is 5.56 Å². The van der Waals surface area contributed by atoms with Gasteiger partial charge < -0.3 is 10.1 Å². The Morgan fingerprint density at radius 1 is 1.30 bits per heavy atom. The Balaban J connectivity index is 2.31. The Hall–Kier alpha value is -1.81. The smallest absolute Gasteiger partial charge is 0.148 e. The molecule has 5 heteroatoms. The van der Waals surface area contributed by atoms with E-state index in [9.17, 15) is 0 Å². The van der Waals surface area contributed by atoms with Crippen molar-refractivity contribution in [1.29, 1.82) is 0 Å². The van der Waals surface area contributed by atoms with Crippen molar-refractivity contribution in [3.63, 3.8) is 0 Å². The van der Waals surface area contributed by atoms with Crippen molar-refractivity contribution < 1.29 is 4.74 Å². The van der Waals surface area contributed by atoms with Crippen LogP contribution in [0.1, 0.15) is 30.6 Å². The molecule has 1 aromatic heterocycles. The molecule has 0 aliphatic carbocycles. The van der Waals surface area contributed by atoms with Crippen molar-refractivity contribution in [3.05, 3.63) is 46.9 Å². The lowest BCUT2D eigenvalue weighted by molar-refractivity contribution is 0.406. The molecule has 1 heterocycles. The third-order valence-electron chi connectivity index (χ3n) is 3.20. The summed E-state index contributed by atoms with van der Waals surface area (Å²) in [6.45, 7) is 3.96. The number of rotatable bonds is 5. The molecule has 0 fully saturated rings. The Bertz CT molecular complexity index is 589. The fourth-order valence-corrected chi connectivity index (χ4v) is 2.23. The molecule has 1 aromatic carbocycles. The van der Waals surface area contributed by atoms with Crippen LogP contribution in [0, 0.1) is 6.92 Å². The minimum Gasteiger partial charge on any atom is -0.496 e. The molecule has 2 aromatic rings. The quantitative estimate of drug-likeness (QED) is 0.904. The third kappa shape index (κ3) is 3.02. The normalized spacial score (nSPS) is 12.0. The summed E-state index contributed by atoms with van der Waals surface area (Å²) in [6.07, 6.45) is 2.40. The van der Waals surface area contributed by atoms with Gasteiger partial charge >= 0.3 is 0 Å². The topological polar surface area (TPSA) is 47.0 Å². The highest BCUT2D eigenvalue weighted by molar-refractivity contribution is 6.33. The monoisotopic (exact) mass is 291 g/mol. The lowest BCUT2D eigenvalue weighted by atomic mass is 10.0. The molecule has 0 radical (unpaired) electrons. The van der Waals surface area contributed by atoms with Crippen LogP contribution in [0.3, 0.4) is 0 Å². The second kappa shape index (κ2) is 6.57. The molecule has 106 valence electrons. The van der Waals surface area contributed by atoms with Crippen molar-refractivity contribution in [1.82, 2.24) is 9.97 Å². The summed E-state index contributed by atoms with van der Waals surface area (Å²) in [5.74, 6) is 1.51. The van der Waals surface area contributed by atoms with E-state index in [0.29, 0.717) is 10.8 Å². The van der Waals surface area contributed by atoms with Crippen molar-refractivity contribution in [2.75, 3.05) is 12.4 Å². The maximum absolute atomic E-state index is 6.24. The van der Waals surface area contributed by atoms with Gasteiger partial charge in [0.05, 0.1) is 18.8 Å². The first kappa shape index (κ1) is 14.6. The maximum Gasteiger partial charge on any atom is 0.148 e. The van der Waals surface area contributed by atoms with Crippen LogP contribution >= 0.6 is 11.6 Å². The molecule has 0 saturated carbocycles. The molecule has 0 aliphatic rings. The number of aryl methyl sites for hydroxylation is 1. The van der Waals surface area contributed by atoms with Gasteiger partial charge in [0.15, 0.2) is 0 Å². The number of hydrogen-bond acceptors (Lipinski definition) is 4. The molecule has 2 rings (SSSR count). The number of nitrogens with zero attached hydrogens (tertiary/aromatic N) is 2. The number of hydrogen-bond donors (Lipinski definition) is 1. The van der Waals surface area contributed by atoms with E-state index in [2.05, 4.69) is 22.2 Å². The number of methoxy groups -OCH3 is 1. The molecule has 0 aliphatic heterocycles. The Labute approximate surface area is 124 Å². The summed E-state index contributed by atoms with van der Waals surface area (Å²) in [5.41, 5.74) is 1.85. The van der Waals surface area contributed by atoms with E-state index in [4.69, 9.17) is 16.3 Å². The van der Waals surface area contributed by atoms with Crippen LogP contribution in [-0.4, -0.2) is 17.1 Å². The van der Waals surface area contributed by atoms with Crippen molar-refractivity contribution >= 4 is 17.4 Å². The summed E-state index contributed by atoms with van der Waals surface area (Å²) in [4.78, 5) is 8.28. The van der Waals surface area contributed by atoms with Crippen LogP contribution < -0.4 is 10.1 Å². The van der Waals surface area contributed by atoms with Crippen LogP contribution in [-0.2, 0) is 0 Å². The number of ether oxygens (including phenoxy) is 1. The number of aromatic nitrogens is 2. The second-order valence-corrected chi connectivity index (χ2v) is 4.85. The highest BCUT2D eigenvalue weighted by Gasteiger charge is 2.16.